The lowest BCUT2D eigenvalue weighted by molar-refractivity contribution is 0.625. The van der Waals surface area contributed by atoms with Crippen LogP contribution in [0.3, 0.4) is 0 Å². The average molecular weight is 471 g/mol. The lowest BCUT2D eigenvalue weighted by Crippen LogP contribution is -2.38. The maximum absolute atomic E-state index is 13.2. The molecule has 0 aliphatic heterocycles. The number of guanidine groups is 1. The van der Waals surface area contributed by atoms with Crippen molar-refractivity contribution in [3.63, 3.8) is 0 Å². The van der Waals surface area contributed by atoms with E-state index in [1.807, 2.05) is 44.1 Å². The fourth-order valence-corrected chi connectivity index (χ4v) is 2.33. The van der Waals surface area contributed by atoms with Crippen LogP contribution in [0.15, 0.2) is 47.6 Å². The summed E-state index contributed by atoms with van der Waals surface area (Å²) < 4.78 is 13.2. The van der Waals surface area contributed by atoms with Gasteiger partial charge in [0.25, 0.3) is 0 Å². The van der Waals surface area contributed by atoms with Crippen LogP contribution in [0.1, 0.15) is 18.1 Å². The van der Waals surface area contributed by atoms with Crippen LogP contribution < -0.4 is 15.5 Å². The van der Waals surface area contributed by atoms with Gasteiger partial charge in [0.15, 0.2) is 5.96 Å². The van der Waals surface area contributed by atoms with Crippen LogP contribution in [-0.4, -0.2) is 38.1 Å². The highest BCUT2D eigenvalue weighted by Gasteiger charge is 2.01. The third kappa shape index (κ3) is 7.55. The average Bonchev–Trinajstić information content (AvgIpc) is 2.60. The zero-order valence-corrected chi connectivity index (χ0v) is 17.8. The van der Waals surface area contributed by atoms with Crippen LogP contribution in [0.2, 0.25) is 0 Å². The molecule has 0 bridgehead atoms. The molecule has 26 heavy (non-hydrogen) atoms. The number of rotatable bonds is 7. The number of aromatic nitrogens is 1. The normalized spacial score (nSPS) is 10.8. The molecule has 1 aromatic heterocycles. The Morgan fingerprint density at radius 2 is 1.96 bits per heavy atom. The van der Waals surface area contributed by atoms with Crippen LogP contribution in [0.4, 0.5) is 10.2 Å². The van der Waals surface area contributed by atoms with Gasteiger partial charge in [-0.15, -0.1) is 24.0 Å². The number of aliphatic imine (C=N–C) groups is 1. The van der Waals surface area contributed by atoms with Gasteiger partial charge in [-0.2, -0.15) is 0 Å². The highest BCUT2D eigenvalue weighted by Crippen LogP contribution is 2.10. The van der Waals surface area contributed by atoms with Crippen LogP contribution >= 0.6 is 24.0 Å². The van der Waals surface area contributed by atoms with Crippen molar-refractivity contribution >= 4 is 35.8 Å². The summed E-state index contributed by atoms with van der Waals surface area (Å²) in [4.78, 5) is 10.9. The smallest absolute Gasteiger partial charge is 0.191 e. The monoisotopic (exact) mass is 471 g/mol. The highest BCUT2D eigenvalue weighted by molar-refractivity contribution is 14.0. The summed E-state index contributed by atoms with van der Waals surface area (Å²) in [5, 5.41) is 6.51. The van der Waals surface area contributed by atoms with E-state index in [4.69, 9.17) is 0 Å². The molecule has 0 aliphatic rings. The molecule has 0 unspecified atom stereocenters. The Morgan fingerprint density at radius 3 is 2.65 bits per heavy atom. The van der Waals surface area contributed by atoms with Gasteiger partial charge >= 0.3 is 0 Å². The van der Waals surface area contributed by atoms with Gasteiger partial charge in [0, 0.05) is 33.4 Å². The second-order valence-electron chi connectivity index (χ2n) is 5.92. The fraction of sp³-hybridized carbons (Fsp3) is 0.368. The SMILES string of the molecule is CCNC(=NCc1ccnc(N(C)C)c1)NCCc1cccc(F)c1.I. The van der Waals surface area contributed by atoms with E-state index in [2.05, 4.69) is 20.6 Å². The minimum atomic E-state index is -0.201. The topological polar surface area (TPSA) is 52.6 Å². The van der Waals surface area contributed by atoms with Crippen LogP contribution in [-0.2, 0) is 13.0 Å². The second kappa shape index (κ2) is 11.7. The third-order valence-corrected chi connectivity index (χ3v) is 3.63. The molecule has 7 heteroatoms. The number of anilines is 1. The lowest BCUT2D eigenvalue weighted by atomic mass is 10.1. The molecule has 0 fully saturated rings. The molecule has 0 saturated heterocycles. The van der Waals surface area contributed by atoms with Crippen molar-refractivity contribution in [3.8, 4) is 0 Å². The molecule has 0 spiro atoms. The third-order valence-electron chi connectivity index (χ3n) is 3.63. The second-order valence-corrected chi connectivity index (χ2v) is 5.92. The molecule has 0 radical (unpaired) electrons. The molecule has 0 aliphatic carbocycles. The van der Waals surface area contributed by atoms with E-state index in [-0.39, 0.29) is 29.8 Å². The van der Waals surface area contributed by atoms with Gasteiger partial charge in [0.1, 0.15) is 11.6 Å². The predicted octanol–water partition coefficient (Wildman–Crippen LogP) is 3.20. The number of nitrogens with zero attached hydrogens (tertiary/aromatic N) is 3. The molecule has 1 heterocycles. The van der Waals surface area contributed by atoms with E-state index >= 15 is 0 Å². The number of nitrogens with one attached hydrogen (secondary N) is 2. The van der Waals surface area contributed by atoms with Gasteiger partial charge < -0.3 is 15.5 Å². The number of pyridine rings is 1. The standard InChI is InChI=1S/C19H26FN5.HI/c1-4-21-19(23-11-8-15-6-5-7-17(20)12-15)24-14-16-9-10-22-18(13-16)25(2)3;/h5-7,9-10,12-13H,4,8,11,14H2,1-3H3,(H2,21,23,24);1H. The zero-order valence-electron chi connectivity index (χ0n) is 15.5. The molecule has 2 aromatic rings. The Bertz CT molecular complexity index is 706. The van der Waals surface area contributed by atoms with Crippen molar-refractivity contribution in [3.05, 3.63) is 59.5 Å². The van der Waals surface area contributed by atoms with E-state index in [0.29, 0.717) is 13.1 Å². The van der Waals surface area contributed by atoms with Crippen molar-refractivity contribution in [1.82, 2.24) is 15.6 Å². The molecule has 0 atom stereocenters. The van der Waals surface area contributed by atoms with E-state index < -0.39 is 0 Å². The maximum atomic E-state index is 13.2. The lowest BCUT2D eigenvalue weighted by Gasteiger charge is -2.13. The molecule has 2 rings (SSSR count). The van der Waals surface area contributed by atoms with Gasteiger partial charge in [0.05, 0.1) is 6.54 Å². The number of halogens is 2. The van der Waals surface area contributed by atoms with E-state index in [9.17, 15) is 4.39 Å². The molecule has 142 valence electrons. The molecule has 0 amide bonds. The Hall–Kier alpha value is -1.90. The molecule has 1 aromatic carbocycles. The predicted molar refractivity (Wildman–Crippen MR) is 117 cm³/mol. The van der Waals surface area contributed by atoms with E-state index in [1.54, 1.807) is 18.3 Å². The van der Waals surface area contributed by atoms with Gasteiger partial charge in [-0.25, -0.2) is 14.4 Å². The summed E-state index contributed by atoms with van der Waals surface area (Å²) in [5.41, 5.74) is 2.06. The van der Waals surface area contributed by atoms with Crippen molar-refractivity contribution in [1.29, 1.82) is 0 Å². The van der Waals surface area contributed by atoms with E-state index in [1.165, 1.54) is 6.07 Å². The van der Waals surface area contributed by atoms with Crippen molar-refractivity contribution < 1.29 is 4.39 Å². The van der Waals surface area contributed by atoms with E-state index in [0.717, 1.165) is 35.9 Å². The zero-order chi connectivity index (χ0) is 18.1. The molecular weight excluding hydrogens is 444 g/mol. The Balaban J connectivity index is 0.00000338. The number of hydrogen-bond donors (Lipinski definition) is 2. The Kier molecular flexibility index (Phi) is 9.93. The molecule has 5 nitrogen and oxygen atoms in total. The Morgan fingerprint density at radius 1 is 1.15 bits per heavy atom. The highest BCUT2D eigenvalue weighted by atomic mass is 127. The summed E-state index contributed by atoms with van der Waals surface area (Å²) in [7, 11) is 3.93. The van der Waals surface area contributed by atoms with Crippen LogP contribution in [0.5, 0.6) is 0 Å². The van der Waals surface area contributed by atoms with Crippen LogP contribution in [0, 0.1) is 5.82 Å². The maximum Gasteiger partial charge on any atom is 0.191 e. The summed E-state index contributed by atoms with van der Waals surface area (Å²) in [5.74, 6) is 1.46. The number of hydrogen-bond acceptors (Lipinski definition) is 3. The largest absolute Gasteiger partial charge is 0.363 e. The minimum absolute atomic E-state index is 0. The summed E-state index contributed by atoms with van der Waals surface area (Å²) in [6, 6.07) is 10.7. The molecular formula is C19H27FIN5. The first-order valence-corrected chi connectivity index (χ1v) is 8.47. The molecule has 2 N–H and O–H groups in total. The van der Waals surface area contributed by atoms with Gasteiger partial charge in [-0.3, -0.25) is 0 Å². The molecule has 0 saturated carbocycles. The van der Waals surface area contributed by atoms with Gasteiger partial charge in [-0.1, -0.05) is 12.1 Å². The van der Waals surface area contributed by atoms with Gasteiger partial charge in [0.2, 0.25) is 0 Å². The van der Waals surface area contributed by atoms with Crippen molar-refractivity contribution in [2.45, 2.75) is 19.9 Å². The number of benzene rings is 1. The van der Waals surface area contributed by atoms with Crippen molar-refractivity contribution in [2.24, 2.45) is 4.99 Å². The summed E-state index contributed by atoms with van der Waals surface area (Å²) in [6.07, 6.45) is 2.53. The first-order valence-electron chi connectivity index (χ1n) is 8.47. The minimum Gasteiger partial charge on any atom is -0.363 e. The first kappa shape index (κ1) is 22.1. The van der Waals surface area contributed by atoms with Crippen LogP contribution in [0.25, 0.3) is 0 Å². The first-order chi connectivity index (χ1) is 12.1. The summed E-state index contributed by atoms with van der Waals surface area (Å²) in [6.45, 7) is 4.07. The van der Waals surface area contributed by atoms with Gasteiger partial charge in [-0.05, 0) is 48.7 Å². The van der Waals surface area contributed by atoms with Crippen molar-refractivity contribution in [2.75, 3.05) is 32.1 Å². The Labute approximate surface area is 172 Å². The quantitative estimate of drug-likeness (QED) is 0.370. The fourth-order valence-electron chi connectivity index (χ4n) is 2.33. The summed E-state index contributed by atoms with van der Waals surface area (Å²) >= 11 is 0.